The van der Waals surface area contributed by atoms with Gasteiger partial charge in [0, 0.05) is 19.1 Å². The lowest BCUT2D eigenvalue weighted by Crippen LogP contribution is -2.44. The third kappa shape index (κ3) is 2.92. The molecule has 2 rings (SSSR count). The Kier molecular flexibility index (Phi) is 4.26. The van der Waals surface area contributed by atoms with E-state index in [0.717, 1.165) is 19.6 Å². The molecule has 1 amide bonds. The van der Waals surface area contributed by atoms with Crippen LogP contribution >= 0.6 is 0 Å². The maximum Gasteiger partial charge on any atom is 0.409 e. The van der Waals surface area contributed by atoms with E-state index in [9.17, 15) is 4.79 Å². The highest BCUT2D eigenvalue weighted by molar-refractivity contribution is 5.67. The number of hydrogen-bond acceptors (Lipinski definition) is 3. The summed E-state index contributed by atoms with van der Waals surface area (Å²) in [5.41, 5.74) is 0. The van der Waals surface area contributed by atoms with Crippen molar-refractivity contribution < 1.29 is 9.53 Å². The molecular formula is C13H24N2O2. The highest BCUT2D eigenvalue weighted by Crippen LogP contribution is 2.36. The molecule has 0 spiro atoms. The van der Waals surface area contributed by atoms with Crippen LogP contribution in [-0.4, -0.2) is 43.3 Å². The topological polar surface area (TPSA) is 41.6 Å². The molecule has 1 saturated heterocycles. The molecule has 3 atom stereocenters. The van der Waals surface area contributed by atoms with Crippen LogP contribution in [0.5, 0.6) is 0 Å². The number of hydrogen-bond donors (Lipinski definition) is 1. The molecule has 1 aliphatic heterocycles. The first-order chi connectivity index (χ1) is 8.24. The van der Waals surface area contributed by atoms with Crippen LogP contribution in [0.3, 0.4) is 0 Å². The summed E-state index contributed by atoms with van der Waals surface area (Å²) >= 11 is 0. The number of carbonyl (C=O) groups excluding carboxylic acids is 1. The maximum absolute atomic E-state index is 11.7. The van der Waals surface area contributed by atoms with Gasteiger partial charge in [-0.1, -0.05) is 6.92 Å². The smallest absolute Gasteiger partial charge is 0.409 e. The second-order valence-corrected chi connectivity index (χ2v) is 5.26. The summed E-state index contributed by atoms with van der Waals surface area (Å²) < 4.78 is 5.09. The number of carbonyl (C=O) groups is 1. The molecule has 3 unspecified atom stereocenters. The van der Waals surface area contributed by atoms with Crippen molar-refractivity contribution in [1.29, 1.82) is 0 Å². The Hall–Kier alpha value is -0.770. The van der Waals surface area contributed by atoms with Gasteiger partial charge in [-0.15, -0.1) is 0 Å². The van der Waals surface area contributed by atoms with Crippen LogP contribution in [0.25, 0.3) is 0 Å². The number of rotatable bonds is 4. The zero-order valence-electron chi connectivity index (χ0n) is 10.9. The number of likely N-dealkylation sites (tertiary alicyclic amines) is 1. The van der Waals surface area contributed by atoms with E-state index in [1.54, 1.807) is 0 Å². The fourth-order valence-corrected chi connectivity index (χ4v) is 3.20. The lowest BCUT2D eigenvalue weighted by atomic mass is 9.98. The normalized spacial score (nSPS) is 31.6. The Morgan fingerprint density at radius 2 is 2.18 bits per heavy atom. The molecule has 0 aromatic heterocycles. The fraction of sp³-hybridized carbons (Fsp3) is 0.923. The van der Waals surface area contributed by atoms with E-state index in [1.165, 1.54) is 19.3 Å². The van der Waals surface area contributed by atoms with Gasteiger partial charge in [0.05, 0.1) is 6.61 Å². The van der Waals surface area contributed by atoms with Crippen molar-refractivity contribution in [2.45, 2.75) is 39.2 Å². The lowest BCUT2D eigenvalue weighted by molar-refractivity contribution is 0.0848. The zero-order chi connectivity index (χ0) is 12.3. The number of amides is 1. The zero-order valence-corrected chi connectivity index (χ0v) is 10.9. The molecule has 4 nitrogen and oxygen atoms in total. The van der Waals surface area contributed by atoms with E-state index in [1.807, 2.05) is 11.8 Å². The van der Waals surface area contributed by atoms with Gasteiger partial charge in [-0.3, -0.25) is 0 Å². The molecule has 1 saturated carbocycles. The third-order valence-electron chi connectivity index (χ3n) is 3.91. The van der Waals surface area contributed by atoms with Crippen molar-refractivity contribution in [2.75, 3.05) is 26.2 Å². The molecule has 4 heteroatoms. The van der Waals surface area contributed by atoms with Gasteiger partial charge >= 0.3 is 6.09 Å². The molecule has 98 valence electrons. The molecule has 17 heavy (non-hydrogen) atoms. The van der Waals surface area contributed by atoms with Crippen LogP contribution in [0.4, 0.5) is 4.79 Å². The van der Waals surface area contributed by atoms with Crippen molar-refractivity contribution in [3.8, 4) is 0 Å². The van der Waals surface area contributed by atoms with Gasteiger partial charge in [-0.2, -0.15) is 0 Å². The summed E-state index contributed by atoms with van der Waals surface area (Å²) in [6.07, 6.45) is 3.55. The molecule has 0 radical (unpaired) electrons. The average molecular weight is 240 g/mol. The Morgan fingerprint density at radius 3 is 2.88 bits per heavy atom. The summed E-state index contributed by atoms with van der Waals surface area (Å²) in [6.45, 7) is 7.38. The largest absolute Gasteiger partial charge is 0.450 e. The van der Waals surface area contributed by atoms with Crippen molar-refractivity contribution in [3.63, 3.8) is 0 Å². The van der Waals surface area contributed by atoms with Crippen LogP contribution in [0.2, 0.25) is 0 Å². The number of piperidine rings is 1. The first kappa shape index (κ1) is 12.7. The second-order valence-electron chi connectivity index (χ2n) is 5.26. The summed E-state index contributed by atoms with van der Waals surface area (Å²) in [5.74, 6) is 1.30. The van der Waals surface area contributed by atoms with Crippen molar-refractivity contribution in [3.05, 3.63) is 0 Å². The van der Waals surface area contributed by atoms with E-state index in [2.05, 4.69) is 12.2 Å². The number of nitrogens with zero attached hydrogens (tertiary/aromatic N) is 1. The van der Waals surface area contributed by atoms with Gasteiger partial charge < -0.3 is 15.0 Å². The molecule has 1 N–H and O–H groups in total. The monoisotopic (exact) mass is 240 g/mol. The van der Waals surface area contributed by atoms with Gasteiger partial charge in [-0.25, -0.2) is 4.79 Å². The first-order valence-electron chi connectivity index (χ1n) is 6.89. The summed E-state index contributed by atoms with van der Waals surface area (Å²) in [7, 11) is 0. The minimum Gasteiger partial charge on any atom is -0.450 e. The molecule has 1 heterocycles. The van der Waals surface area contributed by atoms with Crippen LogP contribution < -0.4 is 5.32 Å². The minimum absolute atomic E-state index is 0.127. The van der Waals surface area contributed by atoms with Crippen molar-refractivity contribution >= 4 is 6.09 Å². The Labute approximate surface area is 104 Å². The van der Waals surface area contributed by atoms with Crippen LogP contribution in [-0.2, 0) is 4.74 Å². The molecule has 2 fully saturated rings. The minimum atomic E-state index is -0.127. The van der Waals surface area contributed by atoms with E-state index in [4.69, 9.17) is 4.74 Å². The Bertz CT molecular complexity index is 270. The summed E-state index contributed by atoms with van der Waals surface area (Å²) in [5, 5.41) is 3.62. The van der Waals surface area contributed by atoms with Crippen LogP contribution in [0.1, 0.15) is 33.1 Å². The van der Waals surface area contributed by atoms with Crippen molar-refractivity contribution in [2.24, 2.45) is 11.8 Å². The SMILES string of the molecule is CCCNC1CC2CC1CN(C(=O)OCC)C2. The predicted octanol–water partition coefficient (Wildman–Crippen LogP) is 1.85. The van der Waals surface area contributed by atoms with Gasteiger partial charge in [0.15, 0.2) is 0 Å². The molecule has 2 bridgehead atoms. The molecule has 2 aliphatic rings. The van der Waals surface area contributed by atoms with E-state index >= 15 is 0 Å². The Balaban J connectivity index is 1.87. The number of nitrogens with one attached hydrogen (secondary N) is 1. The lowest BCUT2D eigenvalue weighted by Gasteiger charge is -2.31. The van der Waals surface area contributed by atoms with Crippen molar-refractivity contribution in [1.82, 2.24) is 10.2 Å². The number of ether oxygens (including phenoxy) is 1. The van der Waals surface area contributed by atoms with Crippen LogP contribution in [0, 0.1) is 11.8 Å². The molecule has 0 aromatic rings. The van der Waals surface area contributed by atoms with Crippen LogP contribution in [0.15, 0.2) is 0 Å². The predicted molar refractivity (Wildman–Crippen MR) is 66.9 cm³/mol. The van der Waals surface area contributed by atoms with E-state index in [-0.39, 0.29) is 6.09 Å². The van der Waals surface area contributed by atoms with Gasteiger partial charge in [0.25, 0.3) is 0 Å². The molecule has 1 aliphatic carbocycles. The highest BCUT2D eigenvalue weighted by Gasteiger charge is 2.41. The quantitative estimate of drug-likeness (QED) is 0.815. The van der Waals surface area contributed by atoms with E-state index in [0.29, 0.717) is 24.5 Å². The summed E-state index contributed by atoms with van der Waals surface area (Å²) in [6, 6.07) is 0.611. The van der Waals surface area contributed by atoms with E-state index < -0.39 is 0 Å². The molecule has 0 aromatic carbocycles. The van der Waals surface area contributed by atoms with Gasteiger partial charge in [0.1, 0.15) is 0 Å². The Morgan fingerprint density at radius 1 is 1.35 bits per heavy atom. The fourth-order valence-electron chi connectivity index (χ4n) is 3.20. The van der Waals surface area contributed by atoms with Gasteiger partial charge in [-0.05, 0) is 44.6 Å². The average Bonchev–Trinajstić information content (AvgIpc) is 2.61. The third-order valence-corrected chi connectivity index (χ3v) is 3.91. The summed E-state index contributed by atoms with van der Waals surface area (Å²) in [4.78, 5) is 13.6. The number of fused-ring (bicyclic) bond motifs is 2. The standard InChI is InChI=1S/C13H24N2O2/c1-3-5-14-12-7-10-6-11(12)9-15(8-10)13(16)17-4-2/h10-12,14H,3-9H2,1-2H3. The second kappa shape index (κ2) is 5.71. The maximum atomic E-state index is 11.7. The highest BCUT2D eigenvalue weighted by atomic mass is 16.6. The van der Waals surface area contributed by atoms with Gasteiger partial charge in [0.2, 0.25) is 0 Å². The first-order valence-corrected chi connectivity index (χ1v) is 6.89. The molecular weight excluding hydrogens is 216 g/mol.